The Balaban J connectivity index is 1.57. The first-order chi connectivity index (χ1) is 22.0. The summed E-state index contributed by atoms with van der Waals surface area (Å²) in [6.07, 6.45) is 4.26. The number of sulfonamides is 1. The van der Waals surface area contributed by atoms with Crippen LogP contribution in [0.4, 0.5) is 8.78 Å². The minimum Gasteiger partial charge on any atom is -0.495 e. The predicted octanol–water partition coefficient (Wildman–Crippen LogP) is 8.24. The van der Waals surface area contributed by atoms with Crippen LogP contribution in [0.2, 0.25) is 10.0 Å². The first-order valence-electron chi connectivity index (χ1n) is 15.1. The van der Waals surface area contributed by atoms with Crippen LogP contribution in [0.1, 0.15) is 49.9 Å². The number of quaternary nitrogens is 1. The Labute approximate surface area is 290 Å². The summed E-state index contributed by atoms with van der Waals surface area (Å²) in [6, 6.07) is 13.8. The summed E-state index contributed by atoms with van der Waals surface area (Å²) in [7, 11) is 3.94. The van der Waals surface area contributed by atoms with Crippen LogP contribution in [0.25, 0.3) is 5.69 Å². The van der Waals surface area contributed by atoms with Crippen molar-refractivity contribution in [2.24, 2.45) is 0 Å². The number of unbranched alkanes of at least 4 members (excludes halogenated alkanes) is 2. The Morgan fingerprint density at radius 3 is 2.32 bits per heavy atom. The lowest BCUT2D eigenvalue weighted by atomic mass is 9.81. The number of hydrogen-bond acceptors (Lipinski definition) is 5. The fourth-order valence-corrected chi connectivity index (χ4v) is 7.85. The first kappa shape index (κ1) is 37.2. The average Bonchev–Trinajstić information content (AvgIpc) is 3.43. The van der Waals surface area contributed by atoms with Gasteiger partial charge in [0.2, 0.25) is 10.0 Å². The highest BCUT2D eigenvalue weighted by atomic mass is 35.5. The number of aromatic nitrogens is 2. The summed E-state index contributed by atoms with van der Waals surface area (Å²) in [5.74, 6) is -0.523. The summed E-state index contributed by atoms with van der Waals surface area (Å²) >= 11 is 14.0. The van der Waals surface area contributed by atoms with E-state index in [1.54, 1.807) is 31.5 Å². The molecule has 0 fully saturated rings. The van der Waals surface area contributed by atoms with Crippen molar-refractivity contribution < 1.29 is 26.4 Å². The molecule has 0 radical (unpaired) electrons. The smallest absolute Gasteiger partial charge is 0.240 e. The molecule has 0 aliphatic heterocycles. The maximum absolute atomic E-state index is 15.4. The number of hydrogen-bond donors (Lipinski definition) is 1. The van der Waals surface area contributed by atoms with Gasteiger partial charge in [-0.15, -0.1) is 0 Å². The zero-order valence-electron chi connectivity index (χ0n) is 27.4. The first-order valence-corrected chi connectivity index (χ1v) is 18.3. The second-order valence-corrected chi connectivity index (χ2v) is 16.4. The van der Waals surface area contributed by atoms with Crippen molar-refractivity contribution in [1.82, 2.24) is 14.3 Å². The van der Waals surface area contributed by atoms with Crippen molar-refractivity contribution in [3.05, 3.63) is 99.3 Å². The second-order valence-electron chi connectivity index (χ2n) is 12.8. The Bertz CT molecular complexity index is 1790. The van der Waals surface area contributed by atoms with Crippen LogP contribution in [0.5, 0.6) is 5.75 Å². The largest absolute Gasteiger partial charge is 0.495 e. The Morgan fingerprint density at radius 1 is 0.979 bits per heavy atom. The third-order valence-corrected chi connectivity index (χ3v) is 11.0. The summed E-state index contributed by atoms with van der Waals surface area (Å²) in [5, 5.41) is 0.990. The van der Waals surface area contributed by atoms with E-state index in [4.69, 9.17) is 27.9 Å². The molecule has 47 heavy (non-hydrogen) atoms. The van der Waals surface area contributed by atoms with Crippen LogP contribution in [-0.2, 0) is 21.2 Å². The molecular formula is C34H41Cl2F2N4O3S2+. The fourth-order valence-electron chi connectivity index (χ4n) is 5.10. The van der Waals surface area contributed by atoms with Crippen LogP contribution < -0.4 is 9.46 Å². The van der Waals surface area contributed by atoms with Gasteiger partial charge in [0.1, 0.15) is 17.4 Å². The number of ether oxygens (including phenoxy) is 1. The molecule has 0 saturated heterocycles. The predicted molar refractivity (Wildman–Crippen MR) is 187 cm³/mol. The number of nitrogens with zero attached hydrogens (tertiary/aromatic N) is 3. The van der Waals surface area contributed by atoms with Crippen LogP contribution >= 0.6 is 35.0 Å². The van der Waals surface area contributed by atoms with E-state index in [-0.39, 0.29) is 33.6 Å². The molecule has 0 aliphatic carbocycles. The van der Waals surface area contributed by atoms with Gasteiger partial charge in [-0.2, -0.15) is 0 Å². The van der Waals surface area contributed by atoms with Gasteiger partial charge in [-0.1, -0.05) is 54.9 Å². The molecule has 0 atom stereocenters. The minimum absolute atomic E-state index is 0.00507. The molecule has 254 valence electrons. The quantitative estimate of drug-likeness (QED) is 0.0760. The molecule has 1 aromatic heterocycles. The summed E-state index contributed by atoms with van der Waals surface area (Å²) in [4.78, 5) is 4.44. The molecule has 4 aromatic rings. The lowest BCUT2D eigenvalue weighted by molar-refractivity contribution is -0.870. The highest BCUT2D eigenvalue weighted by Gasteiger charge is 2.31. The molecule has 4 rings (SSSR count). The van der Waals surface area contributed by atoms with Gasteiger partial charge in [-0.05, 0) is 73.4 Å². The van der Waals surface area contributed by atoms with E-state index < -0.39 is 21.3 Å². The molecule has 0 saturated carbocycles. The number of nitrogens with one attached hydrogen (secondary N) is 1. The number of benzene rings is 3. The van der Waals surface area contributed by atoms with Crippen LogP contribution in [-0.4, -0.2) is 63.8 Å². The van der Waals surface area contributed by atoms with Crippen molar-refractivity contribution in [2.75, 3.05) is 41.3 Å². The van der Waals surface area contributed by atoms with Crippen molar-refractivity contribution in [3.63, 3.8) is 0 Å². The van der Waals surface area contributed by atoms with Gasteiger partial charge in [-0.3, -0.25) is 4.57 Å². The van der Waals surface area contributed by atoms with E-state index in [0.717, 1.165) is 41.2 Å². The van der Waals surface area contributed by atoms with E-state index in [9.17, 15) is 12.8 Å². The standard InChI is InChI=1S/C34H41Cl2F2N4O3S2/c1-34(2,23-10-15-28(35)31(18-23)45-6)32-21-39-33(41(32)25-13-11-24(37)12-14-25)46-22-27-29(36)19-26(20-30(27)38)47(43,44)40-16-8-7-9-17-42(3,4)5/h10-15,18-21,40H,7-9,16-17,22H2,1-6H3/q+1. The summed E-state index contributed by atoms with van der Waals surface area (Å²) in [5.41, 5.74) is 1.88. The van der Waals surface area contributed by atoms with Crippen molar-refractivity contribution in [1.29, 1.82) is 0 Å². The maximum Gasteiger partial charge on any atom is 0.240 e. The van der Waals surface area contributed by atoms with Gasteiger partial charge >= 0.3 is 0 Å². The lowest BCUT2D eigenvalue weighted by Crippen LogP contribution is -2.35. The molecule has 0 amide bonds. The van der Waals surface area contributed by atoms with Crippen LogP contribution in [0.15, 0.2) is 70.8 Å². The van der Waals surface area contributed by atoms with Gasteiger partial charge in [0.15, 0.2) is 5.16 Å². The molecule has 0 unspecified atom stereocenters. The van der Waals surface area contributed by atoms with Crippen molar-refractivity contribution in [2.45, 2.75) is 54.3 Å². The highest BCUT2D eigenvalue weighted by Crippen LogP contribution is 2.40. The molecule has 0 bridgehead atoms. The van der Waals surface area contributed by atoms with E-state index >= 15 is 4.39 Å². The Kier molecular flexibility index (Phi) is 12.1. The van der Waals surface area contributed by atoms with E-state index in [0.29, 0.717) is 28.0 Å². The minimum atomic E-state index is -3.95. The van der Waals surface area contributed by atoms with Gasteiger partial charge in [0, 0.05) is 34.0 Å². The molecule has 0 spiro atoms. The molecular weight excluding hydrogens is 685 g/mol. The second kappa shape index (κ2) is 15.3. The normalized spacial score (nSPS) is 12.5. The van der Waals surface area contributed by atoms with Gasteiger partial charge in [0.05, 0.1) is 56.6 Å². The van der Waals surface area contributed by atoms with E-state index in [1.807, 2.05) is 30.5 Å². The zero-order valence-corrected chi connectivity index (χ0v) is 30.6. The van der Waals surface area contributed by atoms with Gasteiger partial charge in [-0.25, -0.2) is 26.9 Å². The highest BCUT2D eigenvalue weighted by molar-refractivity contribution is 7.98. The molecule has 1 N–H and O–H groups in total. The van der Waals surface area contributed by atoms with Crippen molar-refractivity contribution in [3.8, 4) is 11.4 Å². The van der Waals surface area contributed by atoms with Crippen molar-refractivity contribution >= 4 is 45.0 Å². The van der Waals surface area contributed by atoms with Crippen LogP contribution in [0, 0.1) is 11.6 Å². The number of methoxy groups -OCH3 is 1. The monoisotopic (exact) mass is 725 g/mol. The molecule has 1 heterocycles. The Morgan fingerprint density at radius 2 is 1.68 bits per heavy atom. The lowest BCUT2D eigenvalue weighted by Gasteiger charge is -2.28. The molecule has 3 aromatic carbocycles. The zero-order chi connectivity index (χ0) is 34.6. The van der Waals surface area contributed by atoms with E-state index in [1.165, 1.54) is 30.0 Å². The SMILES string of the molecule is COc1cc(C(C)(C)c2cnc(SCc3c(F)cc(S(=O)(=O)NCCCCC[N+](C)(C)C)cc3Cl)n2-c2ccc(F)cc2)ccc1Cl. The number of rotatable bonds is 15. The third kappa shape index (κ3) is 9.28. The average molecular weight is 727 g/mol. The van der Waals surface area contributed by atoms with Gasteiger partial charge < -0.3 is 9.22 Å². The third-order valence-electron chi connectivity index (χ3n) is 7.90. The molecule has 13 heteroatoms. The molecule has 7 nitrogen and oxygen atoms in total. The number of thioether (sulfide) groups is 1. The fraction of sp³-hybridized carbons (Fsp3) is 0.382. The van der Waals surface area contributed by atoms with Gasteiger partial charge in [0.25, 0.3) is 0 Å². The number of imidazole rings is 1. The van der Waals surface area contributed by atoms with E-state index in [2.05, 4.69) is 30.8 Å². The topological polar surface area (TPSA) is 73.2 Å². The Hall–Kier alpha value is -2.67. The maximum atomic E-state index is 15.4. The summed E-state index contributed by atoms with van der Waals surface area (Å²) in [6.45, 7) is 5.30. The van der Waals surface area contributed by atoms with Crippen LogP contribution in [0.3, 0.4) is 0 Å². The number of halogens is 4. The summed E-state index contributed by atoms with van der Waals surface area (Å²) < 4.78 is 65.9. The molecule has 0 aliphatic rings.